The summed E-state index contributed by atoms with van der Waals surface area (Å²) in [6.07, 6.45) is 53.3. The van der Waals surface area contributed by atoms with Crippen molar-refractivity contribution in [3.8, 4) is 0 Å². The zero-order valence-electron chi connectivity index (χ0n) is 49.0. The summed E-state index contributed by atoms with van der Waals surface area (Å²) in [7, 11) is 0. The van der Waals surface area contributed by atoms with Crippen molar-refractivity contribution in [2.45, 2.75) is 314 Å². The smallest absolute Gasteiger partial charge is 0.335 e. The zero-order valence-corrected chi connectivity index (χ0v) is 49.0. The summed E-state index contributed by atoms with van der Waals surface area (Å²) in [4.78, 5) is 51.2. The maximum Gasteiger partial charge on any atom is 0.335 e. The van der Waals surface area contributed by atoms with Crippen molar-refractivity contribution in [1.82, 2.24) is 0 Å². The van der Waals surface area contributed by atoms with Crippen LogP contribution in [0.15, 0.2) is 60.8 Å². The Morgan fingerprint density at radius 2 is 0.831 bits per heavy atom. The average molecular weight is 1090 g/mol. The largest absolute Gasteiger partial charge is 0.479 e. The van der Waals surface area contributed by atoms with E-state index in [4.69, 9.17) is 23.7 Å². The molecule has 1 fully saturated rings. The van der Waals surface area contributed by atoms with Crippen molar-refractivity contribution < 1.29 is 58.2 Å². The van der Waals surface area contributed by atoms with E-state index in [9.17, 15) is 34.5 Å². The summed E-state index contributed by atoms with van der Waals surface area (Å²) in [6.45, 7) is 5.85. The Bertz CT molecular complexity index is 1570. The molecule has 3 N–H and O–H groups in total. The molecule has 1 rings (SSSR count). The van der Waals surface area contributed by atoms with E-state index in [2.05, 4.69) is 81.5 Å². The highest BCUT2D eigenvalue weighted by atomic mass is 16.7. The van der Waals surface area contributed by atoms with Gasteiger partial charge in [-0.2, -0.15) is 0 Å². The van der Waals surface area contributed by atoms with Gasteiger partial charge in [-0.25, -0.2) is 4.79 Å². The van der Waals surface area contributed by atoms with Crippen molar-refractivity contribution >= 4 is 23.9 Å². The van der Waals surface area contributed by atoms with Gasteiger partial charge in [0.1, 0.15) is 18.8 Å². The van der Waals surface area contributed by atoms with Crippen LogP contribution in [-0.4, -0.2) is 89.2 Å². The van der Waals surface area contributed by atoms with E-state index in [0.29, 0.717) is 19.3 Å². The zero-order chi connectivity index (χ0) is 56.1. The number of carboxylic acid groups (broad SMARTS) is 1. The summed E-state index contributed by atoms with van der Waals surface area (Å²) >= 11 is 0. The average Bonchev–Trinajstić information content (AvgIpc) is 3.41. The van der Waals surface area contributed by atoms with E-state index in [1.165, 1.54) is 89.9 Å². The number of hydrogen-bond acceptors (Lipinski definition) is 11. The molecule has 0 spiro atoms. The summed E-state index contributed by atoms with van der Waals surface area (Å²) < 4.78 is 28.5. The number of allylic oxidation sites excluding steroid dienone is 10. The van der Waals surface area contributed by atoms with Crippen LogP contribution < -0.4 is 0 Å². The molecule has 0 aromatic rings. The van der Waals surface area contributed by atoms with Gasteiger partial charge < -0.3 is 39.0 Å². The number of aliphatic hydroxyl groups excluding tert-OH is 2. The number of carboxylic acids is 1. The highest BCUT2D eigenvalue weighted by molar-refractivity contribution is 5.74. The van der Waals surface area contributed by atoms with Crippen LogP contribution in [-0.2, 0) is 42.9 Å². The number of carbonyl (C=O) groups excluding carboxylic acids is 3. The first-order valence-corrected chi connectivity index (χ1v) is 31.3. The predicted octanol–water partition coefficient (Wildman–Crippen LogP) is 16.3. The van der Waals surface area contributed by atoms with E-state index in [1.807, 2.05) is 0 Å². The normalized spacial score (nSPS) is 18.4. The number of ether oxygens (including phenoxy) is 5. The van der Waals surface area contributed by atoms with Gasteiger partial charge >= 0.3 is 23.9 Å². The first-order chi connectivity index (χ1) is 37.6. The summed E-state index contributed by atoms with van der Waals surface area (Å²) in [5, 5.41) is 31.5. The van der Waals surface area contributed by atoms with Gasteiger partial charge in [0.05, 0.1) is 6.61 Å². The molecule has 6 unspecified atom stereocenters. The second kappa shape index (κ2) is 53.1. The van der Waals surface area contributed by atoms with E-state index < -0.39 is 67.3 Å². The number of hydrogen-bond donors (Lipinski definition) is 3. The quantitative estimate of drug-likeness (QED) is 0.0228. The Morgan fingerprint density at radius 3 is 1.30 bits per heavy atom. The van der Waals surface area contributed by atoms with Crippen molar-refractivity contribution in [3.05, 3.63) is 60.8 Å². The summed E-state index contributed by atoms with van der Waals surface area (Å²) in [5.74, 6) is -3.13. The Labute approximate surface area is 468 Å². The number of aliphatic hydroxyl groups is 2. The van der Waals surface area contributed by atoms with Crippen LogP contribution in [0.3, 0.4) is 0 Å². The van der Waals surface area contributed by atoms with Gasteiger partial charge in [0.25, 0.3) is 0 Å². The fourth-order valence-corrected chi connectivity index (χ4v) is 9.28. The van der Waals surface area contributed by atoms with E-state index in [1.54, 1.807) is 0 Å². The number of aliphatic carboxylic acids is 1. The topological polar surface area (TPSA) is 175 Å². The maximum atomic E-state index is 13.1. The molecule has 1 heterocycles. The van der Waals surface area contributed by atoms with Crippen molar-refractivity contribution in [2.24, 2.45) is 0 Å². The first kappa shape index (κ1) is 71.4. The van der Waals surface area contributed by atoms with Gasteiger partial charge in [-0.05, 0) is 77.0 Å². The molecule has 1 aliphatic rings. The highest BCUT2D eigenvalue weighted by Gasteiger charge is 2.50. The number of esters is 3. The van der Waals surface area contributed by atoms with Crippen molar-refractivity contribution in [3.63, 3.8) is 0 Å². The lowest BCUT2D eigenvalue weighted by molar-refractivity contribution is -0.301. The number of unbranched alkanes of at least 4 members (excludes halogenated alkanes) is 29. The highest BCUT2D eigenvalue weighted by Crippen LogP contribution is 2.27. The minimum atomic E-state index is -1.90. The Kier molecular flexibility index (Phi) is 49.2. The molecule has 0 aliphatic carbocycles. The standard InChI is InChI=1S/C65H112O12/c1-4-7-10-13-16-19-22-24-26-28-29-31-32-34-37-39-42-45-48-51-57(66)73-54-56(75-58(67)52-49-46-43-40-36-21-18-15-12-9-6-3)55-74-65-63(61(70)60(69)62(77-65)64(71)72)76-59(68)53-50-47-44-41-38-35-33-30-27-25-23-20-17-14-11-8-5-2/h7,10,15-16,18-19,24,26,29,31,56,60-63,65,69-70H,4-6,8-9,11-14,17,20-23,25,27-28,30,32-55H2,1-3H3,(H,71,72)/b10-7-,18-15-,19-16-,26-24-,31-29-. The van der Waals surface area contributed by atoms with Crippen LogP contribution in [0.2, 0.25) is 0 Å². The van der Waals surface area contributed by atoms with Gasteiger partial charge in [-0.3, -0.25) is 14.4 Å². The number of rotatable bonds is 53. The minimum absolute atomic E-state index is 0.0615. The molecule has 0 aromatic heterocycles. The third kappa shape index (κ3) is 43.0. The van der Waals surface area contributed by atoms with Crippen LogP contribution in [0.4, 0.5) is 0 Å². The molecule has 0 radical (unpaired) electrons. The Balaban J connectivity index is 2.64. The molecule has 0 saturated carbocycles. The lowest BCUT2D eigenvalue weighted by atomic mass is 9.98. The molecule has 0 bridgehead atoms. The van der Waals surface area contributed by atoms with Crippen LogP contribution in [0.1, 0.15) is 278 Å². The molecular weight excluding hydrogens is 973 g/mol. The van der Waals surface area contributed by atoms with Crippen LogP contribution >= 0.6 is 0 Å². The van der Waals surface area contributed by atoms with Gasteiger partial charge in [0.2, 0.25) is 0 Å². The fourth-order valence-electron chi connectivity index (χ4n) is 9.28. The van der Waals surface area contributed by atoms with E-state index in [0.717, 1.165) is 128 Å². The second-order valence-corrected chi connectivity index (χ2v) is 21.3. The van der Waals surface area contributed by atoms with Crippen LogP contribution in [0, 0.1) is 0 Å². The third-order valence-electron chi connectivity index (χ3n) is 14.1. The second-order valence-electron chi connectivity index (χ2n) is 21.3. The molecule has 77 heavy (non-hydrogen) atoms. The maximum absolute atomic E-state index is 13.1. The third-order valence-corrected chi connectivity index (χ3v) is 14.1. The summed E-state index contributed by atoms with van der Waals surface area (Å²) in [5.41, 5.74) is 0. The summed E-state index contributed by atoms with van der Waals surface area (Å²) in [6, 6.07) is 0. The minimum Gasteiger partial charge on any atom is -0.479 e. The van der Waals surface area contributed by atoms with Crippen LogP contribution in [0.5, 0.6) is 0 Å². The Morgan fingerprint density at radius 1 is 0.442 bits per heavy atom. The molecule has 0 aromatic carbocycles. The molecular formula is C65H112O12. The van der Waals surface area contributed by atoms with E-state index in [-0.39, 0.29) is 25.9 Å². The Hall–Kier alpha value is -3.58. The fraction of sp³-hybridized carbons (Fsp3) is 0.785. The molecule has 12 heteroatoms. The molecule has 444 valence electrons. The monoisotopic (exact) mass is 1080 g/mol. The molecule has 6 atom stereocenters. The SMILES string of the molecule is CC/C=C\C/C=C\C/C=C\C/C=C\CCCCCCCCC(=O)OCC(COC1OC(C(=O)O)C(O)C(O)C1OC(=O)CCCCCCCCCCCCCCCCCCC)OC(=O)CCCCCCC/C=C\CCCC. The van der Waals surface area contributed by atoms with Crippen molar-refractivity contribution in [2.75, 3.05) is 13.2 Å². The molecule has 12 nitrogen and oxygen atoms in total. The van der Waals surface area contributed by atoms with Crippen LogP contribution in [0.25, 0.3) is 0 Å². The molecule has 1 saturated heterocycles. The van der Waals surface area contributed by atoms with E-state index >= 15 is 0 Å². The molecule has 0 amide bonds. The molecule has 1 aliphatic heterocycles. The number of carbonyl (C=O) groups is 4. The lowest BCUT2D eigenvalue weighted by Gasteiger charge is -2.40. The lowest BCUT2D eigenvalue weighted by Crippen LogP contribution is -2.61. The van der Waals surface area contributed by atoms with Gasteiger partial charge in [0.15, 0.2) is 24.6 Å². The van der Waals surface area contributed by atoms with Gasteiger partial charge in [-0.1, -0.05) is 242 Å². The first-order valence-electron chi connectivity index (χ1n) is 31.3. The van der Waals surface area contributed by atoms with Crippen molar-refractivity contribution in [1.29, 1.82) is 0 Å². The predicted molar refractivity (Wildman–Crippen MR) is 312 cm³/mol. The van der Waals surface area contributed by atoms with Gasteiger partial charge in [0, 0.05) is 19.3 Å². The van der Waals surface area contributed by atoms with Gasteiger partial charge in [-0.15, -0.1) is 0 Å².